The van der Waals surface area contributed by atoms with E-state index in [1.165, 1.54) is 25.3 Å². The maximum absolute atomic E-state index is 10.8. The average Bonchev–Trinajstić information content (AvgIpc) is 2.35. The van der Waals surface area contributed by atoms with Gasteiger partial charge in [0.15, 0.2) is 0 Å². The zero-order chi connectivity index (χ0) is 13.0. The first-order valence-corrected chi connectivity index (χ1v) is 5.52. The maximum Gasteiger partial charge on any atom is 0.335 e. The van der Waals surface area contributed by atoms with Crippen molar-refractivity contribution in [3.05, 3.63) is 29.3 Å². The molecule has 0 fully saturated rings. The summed E-state index contributed by atoms with van der Waals surface area (Å²) in [4.78, 5) is 10.8. The van der Waals surface area contributed by atoms with E-state index >= 15 is 0 Å². The second kappa shape index (κ2) is 5.90. The van der Waals surface area contributed by atoms with Crippen molar-refractivity contribution in [2.75, 3.05) is 12.9 Å². The molecule has 0 heterocycles. The van der Waals surface area contributed by atoms with E-state index in [1.807, 2.05) is 0 Å². The van der Waals surface area contributed by atoms with E-state index in [-0.39, 0.29) is 17.1 Å². The lowest BCUT2D eigenvalue weighted by Gasteiger charge is -2.19. The van der Waals surface area contributed by atoms with Crippen molar-refractivity contribution in [2.24, 2.45) is 0 Å². The lowest BCUT2D eigenvalue weighted by Crippen LogP contribution is -2.20. The van der Waals surface area contributed by atoms with Crippen LogP contribution in [0.5, 0.6) is 5.75 Å². The van der Waals surface area contributed by atoms with E-state index in [0.717, 1.165) is 0 Å². The van der Waals surface area contributed by atoms with Gasteiger partial charge in [0, 0.05) is 11.3 Å². The van der Waals surface area contributed by atoms with Gasteiger partial charge in [-0.1, -0.05) is 6.07 Å². The molecule has 0 spiro atoms. The number of benzene rings is 1. The van der Waals surface area contributed by atoms with Crippen LogP contribution in [0, 0.1) is 0 Å². The number of aliphatic hydroxyl groups excluding tert-OH is 2. The van der Waals surface area contributed by atoms with Gasteiger partial charge in [0.2, 0.25) is 0 Å². The Morgan fingerprint density at radius 3 is 2.59 bits per heavy atom. The molecule has 1 aromatic rings. The molecule has 0 bridgehead atoms. The summed E-state index contributed by atoms with van der Waals surface area (Å²) in [7, 11) is 1.37. The van der Waals surface area contributed by atoms with E-state index in [4.69, 9.17) is 9.84 Å². The van der Waals surface area contributed by atoms with Crippen LogP contribution in [0.4, 0.5) is 0 Å². The number of methoxy groups -OCH3 is 1. The topological polar surface area (TPSA) is 87.0 Å². The van der Waals surface area contributed by atoms with Gasteiger partial charge in [0.25, 0.3) is 0 Å². The summed E-state index contributed by atoms with van der Waals surface area (Å²) in [5.41, 5.74) is 0.386. The number of thiol groups is 1. The van der Waals surface area contributed by atoms with Crippen LogP contribution in [0.15, 0.2) is 18.2 Å². The molecule has 1 aromatic carbocycles. The van der Waals surface area contributed by atoms with Gasteiger partial charge >= 0.3 is 5.97 Å². The Bertz CT molecular complexity index is 407. The lowest BCUT2D eigenvalue weighted by atomic mass is 10.0. The molecular weight excluding hydrogens is 244 g/mol. The molecule has 94 valence electrons. The Balaban J connectivity index is 3.12. The number of hydrogen-bond acceptors (Lipinski definition) is 5. The van der Waals surface area contributed by atoms with E-state index < -0.39 is 18.2 Å². The van der Waals surface area contributed by atoms with Crippen LogP contribution in [0.1, 0.15) is 22.0 Å². The van der Waals surface area contributed by atoms with Crippen LogP contribution in [0.2, 0.25) is 0 Å². The molecule has 0 saturated heterocycles. The Hall–Kier alpha value is -1.24. The lowest BCUT2D eigenvalue weighted by molar-refractivity contribution is 0.0322. The Morgan fingerprint density at radius 2 is 2.12 bits per heavy atom. The average molecular weight is 258 g/mol. The Labute approximate surface area is 104 Å². The van der Waals surface area contributed by atoms with Gasteiger partial charge in [-0.25, -0.2) is 4.79 Å². The molecule has 0 aliphatic heterocycles. The van der Waals surface area contributed by atoms with E-state index in [1.54, 1.807) is 0 Å². The molecule has 17 heavy (non-hydrogen) atoms. The first-order valence-electron chi connectivity index (χ1n) is 4.89. The molecular formula is C11H14O5S. The second-order valence-electron chi connectivity index (χ2n) is 3.46. The van der Waals surface area contributed by atoms with Crippen molar-refractivity contribution < 1.29 is 24.9 Å². The molecule has 2 unspecified atom stereocenters. The standard InChI is InChI=1S/C11H14O5S/c1-16-9-4-6(11(14)15)2-3-7(9)10(13)8(12)5-17/h2-4,8,10,12-13,17H,5H2,1H3,(H,14,15). The molecule has 0 aliphatic carbocycles. The van der Waals surface area contributed by atoms with Crippen molar-refractivity contribution in [2.45, 2.75) is 12.2 Å². The fourth-order valence-electron chi connectivity index (χ4n) is 1.40. The van der Waals surface area contributed by atoms with E-state index in [2.05, 4.69) is 12.6 Å². The molecule has 6 heteroatoms. The predicted molar refractivity (Wildman–Crippen MR) is 64.8 cm³/mol. The summed E-state index contributed by atoms with van der Waals surface area (Å²) in [5, 5.41) is 28.1. The molecule has 2 atom stereocenters. The highest BCUT2D eigenvalue weighted by atomic mass is 32.1. The zero-order valence-corrected chi connectivity index (χ0v) is 10.1. The third kappa shape index (κ3) is 3.12. The normalized spacial score (nSPS) is 14.1. The number of ether oxygens (including phenoxy) is 1. The van der Waals surface area contributed by atoms with Crippen LogP contribution in [0.25, 0.3) is 0 Å². The number of carboxylic acid groups (broad SMARTS) is 1. The van der Waals surface area contributed by atoms with E-state index in [0.29, 0.717) is 5.56 Å². The number of hydrogen-bond donors (Lipinski definition) is 4. The van der Waals surface area contributed by atoms with Gasteiger partial charge in [-0.15, -0.1) is 0 Å². The van der Waals surface area contributed by atoms with Gasteiger partial charge in [-0.2, -0.15) is 12.6 Å². The fourth-order valence-corrected chi connectivity index (χ4v) is 1.60. The molecule has 3 N–H and O–H groups in total. The molecule has 0 amide bonds. The molecule has 5 nitrogen and oxygen atoms in total. The van der Waals surface area contributed by atoms with Gasteiger partial charge in [0.1, 0.15) is 11.9 Å². The second-order valence-corrected chi connectivity index (χ2v) is 3.82. The monoisotopic (exact) mass is 258 g/mol. The number of aromatic carboxylic acids is 1. The minimum atomic E-state index is -1.16. The van der Waals surface area contributed by atoms with Crippen molar-refractivity contribution >= 4 is 18.6 Å². The number of aliphatic hydroxyl groups is 2. The van der Waals surface area contributed by atoms with Crippen LogP contribution in [-0.2, 0) is 0 Å². The zero-order valence-electron chi connectivity index (χ0n) is 9.20. The first-order chi connectivity index (χ1) is 8.01. The maximum atomic E-state index is 10.8. The van der Waals surface area contributed by atoms with Crippen molar-refractivity contribution in [3.8, 4) is 5.75 Å². The summed E-state index contributed by atoms with van der Waals surface area (Å²) < 4.78 is 4.99. The molecule has 0 radical (unpaired) electrons. The third-order valence-electron chi connectivity index (χ3n) is 2.35. The quantitative estimate of drug-likeness (QED) is 0.585. The molecule has 0 saturated carbocycles. The fraction of sp³-hybridized carbons (Fsp3) is 0.364. The van der Waals surface area contributed by atoms with Crippen molar-refractivity contribution in [1.82, 2.24) is 0 Å². The highest BCUT2D eigenvalue weighted by Gasteiger charge is 2.21. The van der Waals surface area contributed by atoms with E-state index in [9.17, 15) is 15.0 Å². The summed E-state index contributed by atoms with van der Waals surface area (Å²) in [5.74, 6) is -0.775. The minimum Gasteiger partial charge on any atom is -0.496 e. The predicted octanol–water partition coefficient (Wildman–Crippen LogP) is 0.717. The molecule has 0 aliphatic rings. The van der Waals surface area contributed by atoms with Crippen LogP contribution in [0.3, 0.4) is 0 Å². The molecule has 0 aromatic heterocycles. The van der Waals surface area contributed by atoms with Gasteiger partial charge in [-0.05, 0) is 12.1 Å². The minimum absolute atomic E-state index is 0.0539. The Kier molecular flexibility index (Phi) is 4.80. The third-order valence-corrected chi connectivity index (χ3v) is 2.72. The number of rotatable bonds is 5. The number of carbonyl (C=O) groups is 1. The smallest absolute Gasteiger partial charge is 0.335 e. The molecule has 1 rings (SSSR count). The SMILES string of the molecule is COc1cc(C(=O)O)ccc1C(O)C(O)CS. The largest absolute Gasteiger partial charge is 0.496 e. The van der Waals surface area contributed by atoms with Crippen molar-refractivity contribution in [3.63, 3.8) is 0 Å². The summed E-state index contributed by atoms with van der Waals surface area (Å²) in [6, 6.07) is 4.06. The van der Waals surface area contributed by atoms with Crippen LogP contribution < -0.4 is 4.74 Å². The highest BCUT2D eigenvalue weighted by molar-refractivity contribution is 7.80. The van der Waals surface area contributed by atoms with Crippen LogP contribution >= 0.6 is 12.6 Å². The van der Waals surface area contributed by atoms with Gasteiger partial charge in [-0.3, -0.25) is 0 Å². The number of carboxylic acids is 1. The summed E-state index contributed by atoms with van der Waals surface area (Å²) >= 11 is 3.88. The Morgan fingerprint density at radius 1 is 1.47 bits per heavy atom. The van der Waals surface area contributed by atoms with Crippen LogP contribution in [-0.4, -0.2) is 40.3 Å². The highest BCUT2D eigenvalue weighted by Crippen LogP contribution is 2.28. The summed E-state index contributed by atoms with van der Waals surface area (Å²) in [6.07, 6.45) is -2.20. The summed E-state index contributed by atoms with van der Waals surface area (Å²) in [6.45, 7) is 0. The van der Waals surface area contributed by atoms with Crippen molar-refractivity contribution in [1.29, 1.82) is 0 Å². The first kappa shape index (κ1) is 13.8. The van der Waals surface area contributed by atoms with Gasteiger partial charge in [0.05, 0.1) is 18.8 Å². The van der Waals surface area contributed by atoms with Gasteiger partial charge < -0.3 is 20.1 Å².